The molecular formula is C28H32Cl2N4O4. The molecule has 1 N–H and O–H groups in total. The molecule has 38 heavy (non-hydrogen) atoms. The molecule has 2 aliphatic rings. The van der Waals surface area contributed by atoms with Gasteiger partial charge in [0.15, 0.2) is 0 Å². The van der Waals surface area contributed by atoms with Gasteiger partial charge in [-0.3, -0.25) is 14.6 Å². The summed E-state index contributed by atoms with van der Waals surface area (Å²) in [5, 5.41) is 3.52. The maximum Gasteiger partial charge on any atom is 0.338 e. The summed E-state index contributed by atoms with van der Waals surface area (Å²) in [6.45, 7) is 8.18. The van der Waals surface area contributed by atoms with Crippen molar-refractivity contribution in [2.24, 2.45) is 0 Å². The molecule has 2 aliphatic heterocycles. The van der Waals surface area contributed by atoms with Crippen LogP contribution in [0.4, 0.5) is 4.79 Å². The Labute approximate surface area is 233 Å². The molecule has 0 bridgehead atoms. The number of urea groups is 1. The van der Waals surface area contributed by atoms with Gasteiger partial charge in [0.25, 0.3) is 5.91 Å². The van der Waals surface area contributed by atoms with Crippen LogP contribution in [0.3, 0.4) is 0 Å². The minimum absolute atomic E-state index is 0.00734. The molecular weight excluding hydrogens is 527 g/mol. The number of hydrogen-bond donors (Lipinski definition) is 1. The molecule has 3 amide bonds. The molecule has 4 rings (SSSR count). The molecule has 8 nitrogen and oxygen atoms in total. The minimum atomic E-state index is -0.816. The molecule has 0 aromatic heterocycles. The molecule has 0 radical (unpaired) electrons. The molecule has 2 aromatic rings. The van der Waals surface area contributed by atoms with E-state index in [1.807, 2.05) is 49.1 Å². The van der Waals surface area contributed by atoms with Crippen molar-refractivity contribution >= 4 is 41.1 Å². The van der Waals surface area contributed by atoms with Gasteiger partial charge >= 0.3 is 12.0 Å². The largest absolute Gasteiger partial charge is 0.463 e. The molecule has 1 fully saturated rings. The van der Waals surface area contributed by atoms with E-state index in [0.717, 1.165) is 0 Å². The molecule has 0 unspecified atom stereocenters. The number of ether oxygens (including phenoxy) is 1. The lowest BCUT2D eigenvalue weighted by Gasteiger charge is -2.43. The van der Waals surface area contributed by atoms with Gasteiger partial charge in [-0.05, 0) is 44.5 Å². The Morgan fingerprint density at radius 3 is 2.45 bits per heavy atom. The van der Waals surface area contributed by atoms with Crippen molar-refractivity contribution < 1.29 is 19.1 Å². The van der Waals surface area contributed by atoms with Crippen LogP contribution in [-0.2, 0) is 9.53 Å². The third-order valence-corrected chi connectivity index (χ3v) is 7.74. The molecule has 2 heterocycles. The molecule has 2 atom stereocenters. The Hall–Kier alpha value is -3.07. The third-order valence-electron chi connectivity index (χ3n) is 6.91. The number of likely N-dealkylation sites (N-methyl/N-ethyl adjacent to an activating group) is 1. The van der Waals surface area contributed by atoms with E-state index in [2.05, 4.69) is 10.2 Å². The third kappa shape index (κ3) is 5.67. The fraction of sp³-hybridized carbons (Fsp3) is 0.393. The van der Waals surface area contributed by atoms with Gasteiger partial charge in [0.2, 0.25) is 0 Å². The number of piperazine rings is 1. The summed E-state index contributed by atoms with van der Waals surface area (Å²) >= 11 is 12.8. The summed E-state index contributed by atoms with van der Waals surface area (Å²) in [6, 6.07) is 13.2. The highest BCUT2D eigenvalue weighted by atomic mass is 35.5. The Kier molecular flexibility index (Phi) is 8.97. The number of benzene rings is 2. The number of carbonyl (C=O) groups excluding carboxylic acids is 3. The van der Waals surface area contributed by atoms with Crippen molar-refractivity contribution in [3.8, 4) is 0 Å². The molecule has 1 saturated heterocycles. The standard InChI is InChI=1S/C28H32Cl2N4O4/c1-4-33-22(17-32-14-15-34(18(3)16-32)26(35)19-10-7-6-8-11-19)23(27(36)38-5-2)25(31-28(33)37)20-12-9-13-21(29)24(20)30/h6-13,18,25H,4-5,14-17H2,1-3H3,(H,31,37)/t18-,25+/m1/s1. The SMILES string of the molecule is CCOC(=O)C1=C(CN2CCN(C(=O)c3ccccc3)[C@H](C)C2)N(CC)C(=O)N[C@H]1c1cccc(Cl)c1Cl. The van der Waals surface area contributed by atoms with Crippen molar-refractivity contribution in [1.29, 1.82) is 0 Å². The fourth-order valence-corrected chi connectivity index (χ4v) is 5.49. The number of hydrogen-bond acceptors (Lipinski definition) is 5. The minimum Gasteiger partial charge on any atom is -0.463 e. The summed E-state index contributed by atoms with van der Waals surface area (Å²) in [7, 11) is 0. The van der Waals surface area contributed by atoms with Gasteiger partial charge in [-0.2, -0.15) is 0 Å². The normalized spacial score (nSPS) is 20.4. The first-order valence-electron chi connectivity index (χ1n) is 12.8. The van der Waals surface area contributed by atoms with Crippen LogP contribution in [0, 0.1) is 0 Å². The van der Waals surface area contributed by atoms with Gasteiger partial charge in [-0.1, -0.05) is 53.5 Å². The van der Waals surface area contributed by atoms with E-state index in [9.17, 15) is 14.4 Å². The highest BCUT2D eigenvalue weighted by Gasteiger charge is 2.40. The van der Waals surface area contributed by atoms with Crippen LogP contribution in [0.5, 0.6) is 0 Å². The summed E-state index contributed by atoms with van der Waals surface area (Å²) < 4.78 is 5.45. The van der Waals surface area contributed by atoms with Gasteiger partial charge < -0.3 is 15.0 Å². The summed E-state index contributed by atoms with van der Waals surface area (Å²) in [5.74, 6) is -0.528. The number of halogens is 2. The van der Waals surface area contributed by atoms with Crippen molar-refractivity contribution in [3.63, 3.8) is 0 Å². The van der Waals surface area contributed by atoms with E-state index >= 15 is 0 Å². The second-order valence-electron chi connectivity index (χ2n) is 9.30. The van der Waals surface area contributed by atoms with E-state index < -0.39 is 12.0 Å². The molecule has 0 saturated carbocycles. The van der Waals surface area contributed by atoms with Gasteiger partial charge in [-0.25, -0.2) is 9.59 Å². The molecule has 0 spiro atoms. The lowest BCUT2D eigenvalue weighted by Crippen LogP contribution is -2.56. The fourth-order valence-electron chi connectivity index (χ4n) is 5.07. The average Bonchev–Trinajstić information content (AvgIpc) is 2.90. The van der Waals surface area contributed by atoms with Gasteiger partial charge in [0.05, 0.1) is 28.3 Å². The highest BCUT2D eigenvalue weighted by molar-refractivity contribution is 6.42. The quantitative estimate of drug-likeness (QED) is 0.496. The maximum absolute atomic E-state index is 13.4. The number of nitrogens with one attached hydrogen (secondary N) is 1. The van der Waals surface area contributed by atoms with Crippen molar-refractivity contribution in [1.82, 2.24) is 20.0 Å². The van der Waals surface area contributed by atoms with Gasteiger partial charge in [-0.15, -0.1) is 0 Å². The van der Waals surface area contributed by atoms with Crippen LogP contribution >= 0.6 is 23.2 Å². The van der Waals surface area contributed by atoms with E-state index in [1.165, 1.54) is 0 Å². The van der Waals surface area contributed by atoms with Crippen LogP contribution in [0.15, 0.2) is 59.8 Å². The maximum atomic E-state index is 13.4. The van der Waals surface area contributed by atoms with Crippen LogP contribution in [0.25, 0.3) is 0 Å². The van der Waals surface area contributed by atoms with Crippen LogP contribution in [0.2, 0.25) is 10.0 Å². The highest BCUT2D eigenvalue weighted by Crippen LogP contribution is 2.38. The summed E-state index contributed by atoms with van der Waals surface area (Å²) in [5.41, 5.74) is 2.07. The zero-order chi connectivity index (χ0) is 27.4. The van der Waals surface area contributed by atoms with Crippen molar-refractivity contribution in [2.45, 2.75) is 32.9 Å². The zero-order valence-corrected chi connectivity index (χ0v) is 23.3. The lowest BCUT2D eigenvalue weighted by atomic mass is 9.93. The monoisotopic (exact) mass is 558 g/mol. The van der Waals surface area contributed by atoms with E-state index in [-0.39, 0.29) is 29.6 Å². The topological polar surface area (TPSA) is 82.2 Å². The smallest absolute Gasteiger partial charge is 0.338 e. The Morgan fingerprint density at radius 2 is 1.79 bits per heavy atom. The average molecular weight is 559 g/mol. The summed E-state index contributed by atoms with van der Waals surface area (Å²) in [6.07, 6.45) is 0. The number of nitrogens with zero attached hydrogens (tertiary/aromatic N) is 3. The second kappa shape index (κ2) is 12.2. The second-order valence-corrected chi connectivity index (χ2v) is 10.1. The molecule has 0 aliphatic carbocycles. The van der Waals surface area contributed by atoms with Gasteiger partial charge in [0.1, 0.15) is 0 Å². The predicted molar refractivity (Wildman–Crippen MR) is 147 cm³/mol. The number of esters is 1. The van der Waals surface area contributed by atoms with Gasteiger partial charge in [0, 0.05) is 50.0 Å². The van der Waals surface area contributed by atoms with E-state index in [1.54, 1.807) is 30.0 Å². The molecule has 202 valence electrons. The van der Waals surface area contributed by atoms with Crippen LogP contribution in [-0.4, -0.2) is 78.0 Å². The Balaban J connectivity index is 1.66. The first kappa shape index (κ1) is 28.0. The van der Waals surface area contributed by atoms with Crippen molar-refractivity contribution in [2.75, 3.05) is 39.3 Å². The summed E-state index contributed by atoms with van der Waals surface area (Å²) in [4.78, 5) is 45.2. The lowest BCUT2D eigenvalue weighted by molar-refractivity contribution is -0.139. The van der Waals surface area contributed by atoms with E-state index in [4.69, 9.17) is 27.9 Å². The Bertz CT molecular complexity index is 1240. The predicted octanol–water partition coefficient (Wildman–Crippen LogP) is 4.74. The van der Waals surface area contributed by atoms with E-state index in [0.29, 0.717) is 60.1 Å². The Morgan fingerprint density at radius 1 is 1.05 bits per heavy atom. The first-order chi connectivity index (χ1) is 18.3. The number of carbonyl (C=O) groups is 3. The molecule has 10 heteroatoms. The zero-order valence-electron chi connectivity index (χ0n) is 21.7. The molecule has 2 aromatic carbocycles. The first-order valence-corrected chi connectivity index (χ1v) is 13.5. The number of amides is 3. The van der Waals surface area contributed by atoms with Crippen LogP contribution < -0.4 is 5.32 Å². The number of rotatable bonds is 7. The van der Waals surface area contributed by atoms with Crippen LogP contribution in [0.1, 0.15) is 42.7 Å². The van der Waals surface area contributed by atoms with Crippen molar-refractivity contribution in [3.05, 3.63) is 81.0 Å².